The van der Waals surface area contributed by atoms with E-state index in [0.717, 1.165) is 11.1 Å². The highest BCUT2D eigenvalue weighted by Gasteiger charge is 2.21. The van der Waals surface area contributed by atoms with Crippen molar-refractivity contribution in [3.05, 3.63) is 115 Å². The lowest BCUT2D eigenvalue weighted by molar-refractivity contribution is 0.102. The summed E-state index contributed by atoms with van der Waals surface area (Å²) in [4.78, 5) is 12.7. The summed E-state index contributed by atoms with van der Waals surface area (Å²) in [5.74, 6) is -0.308. The van der Waals surface area contributed by atoms with Gasteiger partial charge in [0, 0.05) is 18.3 Å². The minimum Gasteiger partial charge on any atom is -0.322 e. The standard InChI is InChI=1S/C26H22N2O3S/c1-28(24-10-6-3-7-11-24)32(30,31)25-18-14-22(15-19-25)26(29)27-23-16-12-21(13-17-23)20-8-4-2-5-9-20/h2-19H,1H3,(H,27,29). The summed E-state index contributed by atoms with van der Waals surface area (Å²) in [6.45, 7) is 0. The van der Waals surface area contributed by atoms with Crippen molar-refractivity contribution >= 4 is 27.3 Å². The largest absolute Gasteiger partial charge is 0.322 e. The molecule has 0 aliphatic heterocycles. The molecule has 0 bridgehead atoms. The lowest BCUT2D eigenvalue weighted by atomic mass is 10.1. The van der Waals surface area contributed by atoms with E-state index in [1.807, 2.05) is 60.7 Å². The Bertz CT molecular complexity index is 1300. The third-order valence-electron chi connectivity index (χ3n) is 5.14. The van der Waals surface area contributed by atoms with E-state index in [0.29, 0.717) is 16.9 Å². The predicted octanol–water partition coefficient (Wildman–Crippen LogP) is 5.43. The predicted molar refractivity (Wildman–Crippen MR) is 128 cm³/mol. The molecule has 160 valence electrons. The maximum Gasteiger partial charge on any atom is 0.264 e. The van der Waals surface area contributed by atoms with Gasteiger partial charge in [0.25, 0.3) is 15.9 Å². The van der Waals surface area contributed by atoms with Crippen LogP contribution in [0.5, 0.6) is 0 Å². The van der Waals surface area contributed by atoms with Gasteiger partial charge in [0.2, 0.25) is 0 Å². The smallest absolute Gasteiger partial charge is 0.264 e. The molecule has 1 amide bonds. The summed E-state index contributed by atoms with van der Waals surface area (Å²) in [5.41, 5.74) is 3.75. The van der Waals surface area contributed by atoms with Crippen molar-refractivity contribution in [3.63, 3.8) is 0 Å². The van der Waals surface area contributed by atoms with Gasteiger partial charge in [-0.2, -0.15) is 0 Å². The van der Waals surface area contributed by atoms with E-state index in [2.05, 4.69) is 5.32 Å². The van der Waals surface area contributed by atoms with Crippen molar-refractivity contribution in [2.24, 2.45) is 0 Å². The molecule has 5 nitrogen and oxygen atoms in total. The number of carbonyl (C=O) groups is 1. The molecule has 0 saturated carbocycles. The lowest BCUT2D eigenvalue weighted by Gasteiger charge is -2.19. The van der Waals surface area contributed by atoms with Crippen molar-refractivity contribution in [3.8, 4) is 11.1 Å². The van der Waals surface area contributed by atoms with Gasteiger partial charge < -0.3 is 5.32 Å². The Morgan fingerprint density at radius 3 is 1.81 bits per heavy atom. The molecule has 0 unspecified atom stereocenters. The van der Waals surface area contributed by atoms with Crippen molar-refractivity contribution in [1.82, 2.24) is 0 Å². The molecule has 4 aromatic carbocycles. The van der Waals surface area contributed by atoms with Crippen molar-refractivity contribution in [1.29, 1.82) is 0 Å². The van der Waals surface area contributed by atoms with Crippen LogP contribution in [0.1, 0.15) is 10.4 Å². The molecule has 0 spiro atoms. The Hall–Kier alpha value is -3.90. The maximum absolute atomic E-state index is 12.9. The van der Waals surface area contributed by atoms with E-state index < -0.39 is 10.0 Å². The number of rotatable bonds is 6. The van der Waals surface area contributed by atoms with E-state index in [-0.39, 0.29) is 10.8 Å². The highest BCUT2D eigenvalue weighted by molar-refractivity contribution is 7.92. The molecule has 6 heteroatoms. The Morgan fingerprint density at radius 1 is 0.688 bits per heavy atom. The summed E-state index contributed by atoms with van der Waals surface area (Å²) in [6.07, 6.45) is 0. The number of para-hydroxylation sites is 1. The zero-order valence-corrected chi connectivity index (χ0v) is 18.3. The van der Waals surface area contributed by atoms with E-state index in [1.165, 1.54) is 35.6 Å². The van der Waals surface area contributed by atoms with Crippen LogP contribution in [-0.2, 0) is 10.0 Å². The Kier molecular flexibility index (Phi) is 6.05. The number of anilines is 2. The van der Waals surface area contributed by atoms with Crippen LogP contribution in [0.3, 0.4) is 0 Å². The summed E-state index contributed by atoms with van der Waals surface area (Å²) in [7, 11) is -2.22. The molecule has 0 fully saturated rings. The molecule has 0 aliphatic carbocycles. The number of hydrogen-bond acceptors (Lipinski definition) is 3. The van der Waals surface area contributed by atoms with Gasteiger partial charge in [0.05, 0.1) is 10.6 Å². The van der Waals surface area contributed by atoms with Crippen LogP contribution in [0.4, 0.5) is 11.4 Å². The topological polar surface area (TPSA) is 66.5 Å². The second kappa shape index (κ2) is 9.08. The molecule has 0 radical (unpaired) electrons. The molecular weight excluding hydrogens is 420 g/mol. The fraction of sp³-hybridized carbons (Fsp3) is 0.0385. The minimum absolute atomic E-state index is 0.118. The van der Waals surface area contributed by atoms with Gasteiger partial charge in [0.1, 0.15) is 0 Å². The van der Waals surface area contributed by atoms with Gasteiger partial charge in [-0.25, -0.2) is 8.42 Å². The first-order chi connectivity index (χ1) is 15.4. The summed E-state index contributed by atoms with van der Waals surface area (Å²) in [6, 6.07) is 32.3. The van der Waals surface area contributed by atoms with Crippen LogP contribution >= 0.6 is 0 Å². The first kappa shape index (κ1) is 21.3. The van der Waals surface area contributed by atoms with Crippen LogP contribution < -0.4 is 9.62 Å². The van der Waals surface area contributed by atoms with Crippen molar-refractivity contribution < 1.29 is 13.2 Å². The summed E-state index contributed by atoms with van der Waals surface area (Å²) in [5, 5.41) is 2.84. The number of carbonyl (C=O) groups excluding carboxylic acids is 1. The fourth-order valence-corrected chi connectivity index (χ4v) is 4.49. The second-order valence-electron chi connectivity index (χ2n) is 7.23. The molecule has 0 atom stereocenters. The molecule has 4 rings (SSSR count). The van der Waals surface area contributed by atoms with Crippen molar-refractivity contribution in [2.45, 2.75) is 4.90 Å². The average Bonchev–Trinajstić information content (AvgIpc) is 2.85. The quantitative estimate of drug-likeness (QED) is 0.433. The molecule has 0 heterocycles. The van der Waals surface area contributed by atoms with E-state index >= 15 is 0 Å². The van der Waals surface area contributed by atoms with Gasteiger partial charge in [-0.15, -0.1) is 0 Å². The normalized spacial score (nSPS) is 11.0. The van der Waals surface area contributed by atoms with Crippen LogP contribution in [0.15, 0.2) is 114 Å². The monoisotopic (exact) mass is 442 g/mol. The number of sulfonamides is 1. The highest BCUT2D eigenvalue weighted by atomic mass is 32.2. The zero-order chi connectivity index (χ0) is 22.6. The maximum atomic E-state index is 12.9. The molecule has 32 heavy (non-hydrogen) atoms. The van der Waals surface area contributed by atoms with E-state index in [4.69, 9.17) is 0 Å². The minimum atomic E-state index is -3.72. The number of amides is 1. The Morgan fingerprint density at radius 2 is 1.22 bits per heavy atom. The lowest BCUT2D eigenvalue weighted by Crippen LogP contribution is -2.26. The van der Waals surface area contributed by atoms with Crippen molar-refractivity contribution in [2.75, 3.05) is 16.7 Å². The van der Waals surface area contributed by atoms with Gasteiger partial charge in [-0.3, -0.25) is 9.10 Å². The molecular formula is C26H22N2O3S. The Labute approximate surface area is 188 Å². The number of nitrogens with one attached hydrogen (secondary N) is 1. The average molecular weight is 443 g/mol. The van der Waals surface area contributed by atoms with Crippen LogP contribution in [0.25, 0.3) is 11.1 Å². The number of hydrogen-bond donors (Lipinski definition) is 1. The SMILES string of the molecule is CN(c1ccccc1)S(=O)(=O)c1ccc(C(=O)Nc2ccc(-c3ccccc3)cc2)cc1. The van der Waals surface area contributed by atoms with E-state index in [9.17, 15) is 13.2 Å². The molecule has 4 aromatic rings. The van der Waals surface area contributed by atoms with Gasteiger partial charge >= 0.3 is 0 Å². The molecule has 1 N–H and O–H groups in total. The first-order valence-electron chi connectivity index (χ1n) is 10.1. The molecule has 0 aliphatic rings. The Balaban J connectivity index is 1.46. The molecule has 0 aromatic heterocycles. The third kappa shape index (κ3) is 4.55. The van der Waals surface area contributed by atoms with Crippen LogP contribution in [-0.4, -0.2) is 21.4 Å². The van der Waals surface area contributed by atoms with Crippen LogP contribution in [0, 0.1) is 0 Å². The van der Waals surface area contributed by atoms with Gasteiger partial charge in [-0.05, 0) is 59.7 Å². The zero-order valence-electron chi connectivity index (χ0n) is 17.5. The van der Waals surface area contributed by atoms with E-state index in [1.54, 1.807) is 24.3 Å². The molecule has 0 saturated heterocycles. The fourth-order valence-electron chi connectivity index (χ4n) is 3.29. The van der Waals surface area contributed by atoms with Gasteiger partial charge in [0.15, 0.2) is 0 Å². The first-order valence-corrected chi connectivity index (χ1v) is 11.5. The number of benzene rings is 4. The van der Waals surface area contributed by atoms with Gasteiger partial charge in [-0.1, -0.05) is 60.7 Å². The summed E-state index contributed by atoms with van der Waals surface area (Å²) >= 11 is 0. The summed E-state index contributed by atoms with van der Waals surface area (Å²) < 4.78 is 27.0. The highest BCUT2D eigenvalue weighted by Crippen LogP contribution is 2.23. The van der Waals surface area contributed by atoms with Crippen LogP contribution in [0.2, 0.25) is 0 Å². The second-order valence-corrected chi connectivity index (χ2v) is 9.20. The number of nitrogens with zero attached hydrogens (tertiary/aromatic N) is 1. The third-order valence-corrected chi connectivity index (χ3v) is 6.94.